The van der Waals surface area contributed by atoms with Crippen LogP contribution in [0.1, 0.15) is 69.3 Å². The number of hydrogen-bond acceptors (Lipinski definition) is 5. The third-order valence-electron chi connectivity index (χ3n) is 8.37. The van der Waals surface area contributed by atoms with E-state index in [1.54, 1.807) is 11.8 Å². The molecule has 5 atom stereocenters. The molecule has 1 N–H and O–H groups in total. The highest BCUT2D eigenvalue weighted by Crippen LogP contribution is 2.58. The Hall–Kier alpha value is -3.14. The molecule has 0 aliphatic heterocycles. The van der Waals surface area contributed by atoms with Crippen LogP contribution in [-0.2, 0) is 16.6 Å². The maximum absolute atomic E-state index is 14.2. The molecule has 0 saturated heterocycles. The molecule has 3 aromatic rings. The minimum atomic E-state index is -0.799. The highest BCUT2D eigenvalue weighted by atomic mass is 32.2. The molecule has 0 fully saturated rings. The second-order valence-corrected chi connectivity index (χ2v) is 12.5. The van der Waals surface area contributed by atoms with Crippen LogP contribution in [0.3, 0.4) is 0 Å². The molecule has 2 aliphatic carbocycles. The lowest BCUT2D eigenvalue weighted by Gasteiger charge is -2.51. The van der Waals surface area contributed by atoms with Gasteiger partial charge in [-0.3, -0.25) is 4.79 Å². The summed E-state index contributed by atoms with van der Waals surface area (Å²) in [6, 6.07) is 19.4. The number of nitriles is 1. The number of benzene rings is 2. The minimum Gasteiger partial charge on any atom is -0.301 e. The van der Waals surface area contributed by atoms with Crippen molar-refractivity contribution >= 4 is 34.1 Å². The number of thiazole rings is 1. The fourth-order valence-corrected chi connectivity index (χ4v) is 7.49. The summed E-state index contributed by atoms with van der Waals surface area (Å²) < 4.78 is 0. The first-order chi connectivity index (χ1) is 19.3. The topological polar surface area (TPSA) is 65.8 Å². The van der Waals surface area contributed by atoms with Crippen LogP contribution in [-0.4, -0.2) is 17.1 Å². The van der Waals surface area contributed by atoms with Gasteiger partial charge in [0.25, 0.3) is 0 Å². The van der Waals surface area contributed by atoms with E-state index in [0.717, 1.165) is 23.2 Å². The maximum atomic E-state index is 14.2. The van der Waals surface area contributed by atoms with E-state index in [2.05, 4.69) is 86.1 Å². The van der Waals surface area contributed by atoms with Crippen molar-refractivity contribution in [3.63, 3.8) is 0 Å². The van der Waals surface area contributed by atoms with Gasteiger partial charge in [-0.05, 0) is 53.3 Å². The lowest BCUT2D eigenvalue weighted by Crippen LogP contribution is -2.52. The number of carbonyl (C=O) groups excluding carboxylic acids is 1. The summed E-state index contributed by atoms with van der Waals surface area (Å²) in [5, 5.41) is 16.5. The standard InChI is InChI=1S/C32H33N3OS2.C2H6/c1-21-9-5-6-10-22(2)32(20-33)19-31(3,28(21)26-11-7-8-12-27(26)32)29(36)35-30-34-24(18-38-30)17-23-13-15-25(37-4)16-14-23;1-2/h5-16,18,21-22,28H,17,19H2,1-4H3,(H,34,35,36);1-2H3/b9-5-,10-6-;. The van der Waals surface area contributed by atoms with Gasteiger partial charge in [0.15, 0.2) is 5.13 Å². The van der Waals surface area contributed by atoms with Crippen molar-refractivity contribution in [3.8, 4) is 6.07 Å². The number of rotatable bonds is 5. The average molecular weight is 570 g/mol. The van der Waals surface area contributed by atoms with Gasteiger partial charge in [-0.1, -0.05) is 95.3 Å². The molecular weight excluding hydrogens is 531 g/mol. The number of nitrogens with zero attached hydrogens (tertiary/aromatic N) is 2. The van der Waals surface area contributed by atoms with Crippen LogP contribution >= 0.6 is 23.1 Å². The molecule has 208 valence electrons. The Morgan fingerprint density at radius 2 is 1.82 bits per heavy atom. The van der Waals surface area contributed by atoms with E-state index in [0.29, 0.717) is 11.6 Å². The number of allylic oxidation sites excluding steroid dienone is 4. The van der Waals surface area contributed by atoms with Crippen molar-refractivity contribution in [1.82, 2.24) is 4.98 Å². The maximum Gasteiger partial charge on any atom is 0.232 e. The Kier molecular flexibility index (Phi) is 9.38. The summed E-state index contributed by atoms with van der Waals surface area (Å²) in [4.78, 5) is 20.2. The highest BCUT2D eigenvalue weighted by molar-refractivity contribution is 7.98. The van der Waals surface area contributed by atoms with Gasteiger partial charge in [-0.2, -0.15) is 5.26 Å². The van der Waals surface area contributed by atoms with Gasteiger partial charge < -0.3 is 5.32 Å². The quantitative estimate of drug-likeness (QED) is 0.312. The summed E-state index contributed by atoms with van der Waals surface area (Å²) in [6.07, 6.45) is 11.6. The molecule has 0 radical (unpaired) electrons. The van der Waals surface area contributed by atoms with E-state index in [4.69, 9.17) is 4.98 Å². The average Bonchev–Trinajstić information content (AvgIpc) is 3.42. The number of nitrogens with one attached hydrogen (secondary N) is 1. The van der Waals surface area contributed by atoms with Crippen LogP contribution in [0.5, 0.6) is 0 Å². The van der Waals surface area contributed by atoms with Gasteiger partial charge in [-0.25, -0.2) is 4.98 Å². The van der Waals surface area contributed by atoms with E-state index < -0.39 is 10.8 Å². The Balaban J connectivity index is 0.00000181. The normalized spacial score (nSPS) is 28.3. The molecule has 4 nitrogen and oxygen atoms in total. The molecular formula is C34H39N3OS2. The van der Waals surface area contributed by atoms with Crippen molar-refractivity contribution in [3.05, 3.63) is 101 Å². The Bertz CT molecular complexity index is 1430. The molecule has 2 aliphatic rings. The zero-order chi connectivity index (χ0) is 28.9. The predicted molar refractivity (Wildman–Crippen MR) is 169 cm³/mol. The van der Waals surface area contributed by atoms with E-state index in [1.807, 2.05) is 44.4 Å². The molecule has 1 heterocycles. The largest absolute Gasteiger partial charge is 0.301 e. The van der Waals surface area contributed by atoms with Crippen LogP contribution in [0, 0.1) is 28.6 Å². The van der Waals surface area contributed by atoms with E-state index >= 15 is 0 Å². The number of amides is 1. The first kappa shape index (κ1) is 29.8. The summed E-state index contributed by atoms with van der Waals surface area (Å²) in [7, 11) is 0. The monoisotopic (exact) mass is 569 g/mol. The molecule has 40 heavy (non-hydrogen) atoms. The molecule has 2 aromatic carbocycles. The zero-order valence-corrected chi connectivity index (χ0v) is 25.9. The van der Waals surface area contributed by atoms with Gasteiger partial charge in [-0.15, -0.1) is 23.1 Å². The van der Waals surface area contributed by atoms with Crippen LogP contribution in [0.4, 0.5) is 5.13 Å². The Morgan fingerprint density at radius 3 is 2.52 bits per heavy atom. The molecule has 1 amide bonds. The second kappa shape index (κ2) is 12.6. The Labute approximate surface area is 247 Å². The van der Waals surface area contributed by atoms with Crippen LogP contribution in [0.25, 0.3) is 0 Å². The smallest absolute Gasteiger partial charge is 0.232 e. The SMILES string of the molecule is CC.CSc1ccc(Cc2csc(NC(=O)C3(C)CC4(C#N)c5ccccc5C3C(C)/C=C\C=C/C4C)n2)cc1. The van der Waals surface area contributed by atoms with Crippen molar-refractivity contribution in [2.24, 2.45) is 17.3 Å². The van der Waals surface area contributed by atoms with Crippen LogP contribution in [0.15, 0.2) is 83.1 Å². The molecule has 0 spiro atoms. The van der Waals surface area contributed by atoms with E-state index in [-0.39, 0.29) is 23.7 Å². The number of anilines is 1. The number of aromatic nitrogens is 1. The molecule has 1 aromatic heterocycles. The van der Waals surface area contributed by atoms with Crippen molar-refractivity contribution in [2.45, 2.75) is 63.7 Å². The molecule has 0 saturated carbocycles. The summed E-state index contributed by atoms with van der Waals surface area (Å²) in [5.74, 6) is -0.0788. The number of hydrogen-bond donors (Lipinski definition) is 1. The zero-order valence-electron chi connectivity index (χ0n) is 24.3. The van der Waals surface area contributed by atoms with Gasteiger partial charge in [0.05, 0.1) is 22.6 Å². The van der Waals surface area contributed by atoms with E-state index in [1.165, 1.54) is 21.8 Å². The molecule has 5 unspecified atom stereocenters. The minimum absolute atomic E-state index is 0.0521. The predicted octanol–water partition coefficient (Wildman–Crippen LogP) is 8.77. The van der Waals surface area contributed by atoms with Crippen LogP contribution < -0.4 is 5.32 Å². The second-order valence-electron chi connectivity index (χ2n) is 10.8. The molecule has 5 rings (SSSR count). The molecule has 2 bridgehead atoms. The fourth-order valence-electron chi connectivity index (χ4n) is 6.38. The first-order valence-corrected chi connectivity index (χ1v) is 16.2. The van der Waals surface area contributed by atoms with Gasteiger partial charge in [0.1, 0.15) is 0 Å². The van der Waals surface area contributed by atoms with Gasteiger partial charge in [0, 0.05) is 22.6 Å². The lowest BCUT2D eigenvalue weighted by molar-refractivity contribution is -0.128. The first-order valence-electron chi connectivity index (χ1n) is 14.0. The van der Waals surface area contributed by atoms with Crippen molar-refractivity contribution in [2.75, 3.05) is 11.6 Å². The summed E-state index contributed by atoms with van der Waals surface area (Å²) in [5.41, 5.74) is 2.70. The summed E-state index contributed by atoms with van der Waals surface area (Å²) in [6.45, 7) is 10.3. The number of thioether (sulfide) groups is 1. The molecule has 6 heteroatoms. The lowest BCUT2D eigenvalue weighted by atomic mass is 9.50. The Morgan fingerprint density at radius 1 is 1.12 bits per heavy atom. The number of carbonyl (C=O) groups is 1. The fraction of sp³-hybridized carbons (Fsp3) is 0.382. The third-order valence-corrected chi connectivity index (χ3v) is 9.92. The van der Waals surface area contributed by atoms with Crippen molar-refractivity contribution in [1.29, 1.82) is 5.26 Å². The van der Waals surface area contributed by atoms with E-state index in [9.17, 15) is 10.1 Å². The summed E-state index contributed by atoms with van der Waals surface area (Å²) >= 11 is 3.19. The third kappa shape index (κ3) is 5.55. The van der Waals surface area contributed by atoms with Crippen molar-refractivity contribution < 1.29 is 4.79 Å². The highest BCUT2D eigenvalue weighted by Gasteiger charge is 2.57. The van der Waals surface area contributed by atoms with Gasteiger partial charge >= 0.3 is 0 Å². The van der Waals surface area contributed by atoms with Crippen LogP contribution in [0.2, 0.25) is 0 Å². The van der Waals surface area contributed by atoms with Gasteiger partial charge in [0.2, 0.25) is 5.91 Å².